The van der Waals surface area contributed by atoms with Crippen LogP contribution in [0.4, 0.5) is 18.6 Å². The molecule has 0 radical (unpaired) electrons. The number of anilines is 1. The molecule has 0 N–H and O–H groups in total. The van der Waals surface area contributed by atoms with E-state index in [2.05, 4.69) is 23.3 Å². The zero-order chi connectivity index (χ0) is 31.2. The lowest BCUT2D eigenvalue weighted by atomic mass is 9.99. The first-order chi connectivity index (χ1) is 19.6. The normalized spacial score (nSPS) is 14.4. The van der Waals surface area contributed by atoms with Crippen LogP contribution in [0.15, 0.2) is 94.5 Å². The SMILES string of the molecule is CCN1C=C\C(=C/C=C(C)/C=C/c2cc[n+](CC)c3ccc(S(C)(=O)=O)cc23)c2cc(S(C)(=O)=O)ccc21.FB(F)F.[F-]. The maximum Gasteiger partial charge on any atom is 0.762 e. The Morgan fingerprint density at radius 2 is 1.56 bits per heavy atom. The number of halogens is 4. The maximum atomic E-state index is 12.2. The topological polar surface area (TPSA) is 75.4 Å². The van der Waals surface area contributed by atoms with Crippen LogP contribution < -0.4 is 14.2 Å². The van der Waals surface area contributed by atoms with E-state index >= 15 is 0 Å². The monoisotopic (exact) mass is 636 g/mol. The van der Waals surface area contributed by atoms with Gasteiger partial charge in [-0.2, -0.15) is 4.57 Å². The number of allylic oxidation sites excluding steroid dienone is 6. The van der Waals surface area contributed by atoms with Gasteiger partial charge >= 0.3 is 7.54 Å². The van der Waals surface area contributed by atoms with Crippen molar-refractivity contribution >= 4 is 55.5 Å². The zero-order valence-corrected chi connectivity index (χ0v) is 26.1. The molecule has 4 rings (SSSR count). The summed E-state index contributed by atoms with van der Waals surface area (Å²) in [6.45, 7) is 7.64. The van der Waals surface area contributed by atoms with Gasteiger partial charge in [-0.05, 0) is 68.3 Å². The molecule has 2 aromatic carbocycles. The Bertz CT molecular complexity index is 1820. The van der Waals surface area contributed by atoms with Crippen LogP contribution in [0, 0.1) is 0 Å². The minimum absolute atomic E-state index is 0. The number of benzene rings is 2. The Balaban J connectivity index is 0.00000121. The van der Waals surface area contributed by atoms with Crippen molar-refractivity contribution in [3.63, 3.8) is 0 Å². The molecule has 0 saturated heterocycles. The minimum atomic E-state index is -3.67. The van der Waals surface area contributed by atoms with Gasteiger partial charge in [0.2, 0.25) is 5.52 Å². The number of hydrogen-bond donors (Lipinski definition) is 0. The largest absolute Gasteiger partial charge is 1.00 e. The molecule has 6 nitrogen and oxygen atoms in total. The second-order valence-corrected chi connectivity index (χ2v) is 13.7. The number of fused-ring (bicyclic) bond motifs is 2. The van der Waals surface area contributed by atoms with Gasteiger partial charge < -0.3 is 9.60 Å². The second kappa shape index (κ2) is 14.7. The first-order valence-electron chi connectivity index (χ1n) is 13.1. The fraction of sp³-hybridized carbons (Fsp3) is 0.233. The Morgan fingerprint density at radius 3 is 2.14 bits per heavy atom. The van der Waals surface area contributed by atoms with Crippen molar-refractivity contribution < 1.29 is 39.1 Å². The minimum Gasteiger partial charge on any atom is -1.00 e. The Hall–Kier alpha value is -3.71. The third-order valence-corrected chi connectivity index (χ3v) is 8.85. The molecule has 0 bridgehead atoms. The van der Waals surface area contributed by atoms with E-state index in [1.165, 1.54) is 12.5 Å². The van der Waals surface area contributed by atoms with Crippen molar-refractivity contribution in [1.82, 2.24) is 0 Å². The summed E-state index contributed by atoms with van der Waals surface area (Å²) in [6.07, 6.45) is 16.4. The van der Waals surface area contributed by atoms with Crippen LogP contribution in [-0.2, 0) is 26.2 Å². The third-order valence-electron chi connectivity index (χ3n) is 6.63. The fourth-order valence-electron chi connectivity index (χ4n) is 4.48. The van der Waals surface area contributed by atoms with E-state index in [4.69, 9.17) is 0 Å². The van der Waals surface area contributed by atoms with E-state index in [0.29, 0.717) is 9.79 Å². The van der Waals surface area contributed by atoms with Gasteiger partial charge in [0.15, 0.2) is 25.9 Å². The third kappa shape index (κ3) is 9.14. The maximum absolute atomic E-state index is 12.2. The highest BCUT2D eigenvalue weighted by molar-refractivity contribution is 7.91. The van der Waals surface area contributed by atoms with Gasteiger partial charge in [-0.25, -0.2) is 16.8 Å². The highest BCUT2D eigenvalue weighted by Crippen LogP contribution is 2.34. The van der Waals surface area contributed by atoms with E-state index in [1.54, 1.807) is 24.3 Å². The molecule has 0 aliphatic carbocycles. The van der Waals surface area contributed by atoms with Crippen LogP contribution in [-0.4, -0.2) is 43.4 Å². The highest BCUT2D eigenvalue weighted by Gasteiger charge is 2.19. The van der Waals surface area contributed by atoms with E-state index in [1.807, 2.05) is 67.9 Å². The predicted molar refractivity (Wildman–Crippen MR) is 164 cm³/mol. The molecule has 0 atom stereocenters. The lowest BCUT2D eigenvalue weighted by Gasteiger charge is -2.27. The molecular weight excluding hydrogens is 603 g/mol. The van der Waals surface area contributed by atoms with Gasteiger partial charge in [0.05, 0.1) is 15.2 Å². The van der Waals surface area contributed by atoms with Crippen LogP contribution >= 0.6 is 0 Å². The zero-order valence-electron chi connectivity index (χ0n) is 24.4. The summed E-state index contributed by atoms with van der Waals surface area (Å²) >= 11 is 0. The summed E-state index contributed by atoms with van der Waals surface area (Å²) in [6, 6.07) is 12.5. The van der Waals surface area contributed by atoms with Gasteiger partial charge in [-0.3, -0.25) is 12.9 Å². The molecule has 0 spiro atoms. The molecule has 0 amide bonds. The summed E-state index contributed by atoms with van der Waals surface area (Å²) in [4.78, 5) is 2.67. The molecule has 0 saturated carbocycles. The van der Waals surface area contributed by atoms with Crippen LogP contribution in [0.3, 0.4) is 0 Å². The van der Waals surface area contributed by atoms with Crippen molar-refractivity contribution in [2.75, 3.05) is 24.0 Å². The highest BCUT2D eigenvalue weighted by atomic mass is 32.2. The lowest BCUT2D eigenvalue weighted by molar-refractivity contribution is -0.667. The Morgan fingerprint density at radius 1 is 0.953 bits per heavy atom. The van der Waals surface area contributed by atoms with Crippen LogP contribution in [0.2, 0.25) is 0 Å². The number of sulfone groups is 2. The van der Waals surface area contributed by atoms with Crippen LogP contribution in [0.5, 0.6) is 0 Å². The molecule has 230 valence electrons. The molecule has 0 fully saturated rings. The summed E-state index contributed by atoms with van der Waals surface area (Å²) in [5.74, 6) is 0. The molecule has 1 aromatic heterocycles. The van der Waals surface area contributed by atoms with Crippen molar-refractivity contribution in [2.24, 2.45) is 0 Å². The van der Waals surface area contributed by atoms with Crippen LogP contribution in [0.25, 0.3) is 22.6 Å². The van der Waals surface area contributed by atoms with E-state index in [9.17, 15) is 29.8 Å². The number of hydrogen-bond acceptors (Lipinski definition) is 5. The van der Waals surface area contributed by atoms with Crippen molar-refractivity contribution in [3.05, 3.63) is 95.9 Å². The number of aryl methyl sites for hydroxylation is 1. The number of rotatable bonds is 7. The molecular formula is C30H33BF4N2O4S2. The van der Waals surface area contributed by atoms with Gasteiger partial charge in [0.25, 0.3) is 0 Å². The van der Waals surface area contributed by atoms with E-state index < -0.39 is 27.2 Å². The standard InChI is InChI=1S/C30H33N2O4S2.BF3.FH/c1-6-31-18-16-23(27-20-25(37(4,33)34)12-14-29(27)31)10-8-22(3)9-11-24-17-19-32(7-2)30-15-13-26(21-28(24)30)38(5,35)36;2-1(3)4;/h8-21H,6-7H2,1-5H3;;1H/q+1;;/p-1. The van der Waals surface area contributed by atoms with Crippen molar-refractivity contribution in [2.45, 2.75) is 37.1 Å². The molecule has 2 heterocycles. The summed E-state index contributed by atoms with van der Waals surface area (Å²) in [5, 5.41) is 0.872. The molecule has 13 heteroatoms. The molecule has 3 aromatic rings. The number of nitrogens with zero attached hydrogens (tertiary/aromatic N) is 2. The van der Waals surface area contributed by atoms with Crippen molar-refractivity contribution in [3.8, 4) is 0 Å². The Labute approximate surface area is 251 Å². The van der Waals surface area contributed by atoms with E-state index in [-0.39, 0.29) is 4.70 Å². The first kappa shape index (κ1) is 35.5. The molecule has 1 aliphatic heterocycles. The lowest BCUT2D eigenvalue weighted by Crippen LogP contribution is -3.00. The van der Waals surface area contributed by atoms with Gasteiger partial charge in [-0.15, -0.1) is 0 Å². The molecule has 1 aliphatic rings. The van der Waals surface area contributed by atoms with Gasteiger partial charge in [0.1, 0.15) is 6.54 Å². The van der Waals surface area contributed by atoms with E-state index in [0.717, 1.165) is 52.0 Å². The van der Waals surface area contributed by atoms with Crippen molar-refractivity contribution in [1.29, 1.82) is 0 Å². The first-order valence-corrected chi connectivity index (χ1v) is 16.9. The number of aromatic nitrogens is 1. The average molecular weight is 637 g/mol. The quantitative estimate of drug-likeness (QED) is 0.173. The van der Waals surface area contributed by atoms with Gasteiger partial charge in [-0.1, -0.05) is 29.9 Å². The Kier molecular flexibility index (Phi) is 12.1. The molecule has 43 heavy (non-hydrogen) atoms. The summed E-state index contributed by atoms with van der Waals surface area (Å²) < 4.78 is 79.7. The predicted octanol–water partition coefficient (Wildman–Crippen LogP) is 3.23. The molecule has 0 unspecified atom stereocenters. The summed E-state index contributed by atoms with van der Waals surface area (Å²) in [5.41, 5.74) is 5.65. The number of pyridine rings is 1. The average Bonchev–Trinajstić information content (AvgIpc) is 2.92. The second-order valence-electron chi connectivity index (χ2n) is 9.67. The van der Waals surface area contributed by atoms with Crippen LogP contribution in [0.1, 0.15) is 31.9 Å². The fourth-order valence-corrected chi connectivity index (χ4v) is 5.77. The van der Waals surface area contributed by atoms with Gasteiger partial charge in [0, 0.05) is 48.6 Å². The summed E-state index contributed by atoms with van der Waals surface area (Å²) in [7, 11) is -10.3. The smallest absolute Gasteiger partial charge is 0.762 e.